The smallest absolute Gasteiger partial charge is 0.240 e. The second-order valence-electron chi connectivity index (χ2n) is 8.39. The summed E-state index contributed by atoms with van der Waals surface area (Å²) >= 11 is 1.32. The van der Waals surface area contributed by atoms with Crippen molar-refractivity contribution in [3.8, 4) is 22.5 Å². The lowest BCUT2D eigenvalue weighted by atomic mass is 10.1. The molecule has 2 N–H and O–H groups in total. The maximum Gasteiger partial charge on any atom is 0.240 e. The van der Waals surface area contributed by atoms with Gasteiger partial charge in [-0.1, -0.05) is 18.2 Å². The molecule has 182 valence electrons. The summed E-state index contributed by atoms with van der Waals surface area (Å²) < 4.78 is 39.5. The lowest BCUT2D eigenvalue weighted by Gasteiger charge is -2.11. The fourth-order valence-corrected chi connectivity index (χ4v) is 5.14. The Morgan fingerprint density at radius 1 is 1.08 bits per heavy atom. The molecule has 0 fully saturated rings. The number of carbonyl (C=O) groups is 1. The Hall–Kier alpha value is -3.89. The summed E-state index contributed by atoms with van der Waals surface area (Å²) in [7, 11) is -2.75. The number of fused-ring (bicyclic) bond motifs is 1. The number of amides is 1. The Morgan fingerprint density at radius 3 is 2.53 bits per heavy atom. The van der Waals surface area contributed by atoms with Gasteiger partial charge in [0.05, 0.1) is 27.7 Å². The van der Waals surface area contributed by atoms with Crippen molar-refractivity contribution in [1.82, 2.24) is 19.2 Å². The third-order valence-corrected chi connectivity index (χ3v) is 7.53. The first kappa shape index (κ1) is 23.8. The predicted molar refractivity (Wildman–Crippen MR) is 140 cm³/mol. The summed E-state index contributed by atoms with van der Waals surface area (Å²) in [5, 5.41) is 5.47. The number of nitrogens with one attached hydrogen (secondary N) is 2. The van der Waals surface area contributed by atoms with E-state index in [9.17, 15) is 13.4 Å². The van der Waals surface area contributed by atoms with Crippen molar-refractivity contribution in [2.75, 3.05) is 6.26 Å². The first-order valence-electron chi connectivity index (χ1n) is 11.0. The van der Waals surface area contributed by atoms with Crippen molar-refractivity contribution in [2.24, 2.45) is 0 Å². The van der Waals surface area contributed by atoms with Crippen LogP contribution >= 0.6 is 11.5 Å². The van der Waals surface area contributed by atoms with E-state index in [0.717, 1.165) is 28.0 Å². The normalized spacial score (nSPS) is 12.9. The van der Waals surface area contributed by atoms with E-state index in [-0.39, 0.29) is 24.8 Å². The van der Waals surface area contributed by atoms with Crippen LogP contribution in [0.15, 0.2) is 83.2 Å². The van der Waals surface area contributed by atoms with Crippen molar-refractivity contribution in [3.05, 3.63) is 89.8 Å². The standard InChI is InChI=1S/C26H22FN5O2S2/c1-36(28,34)22-7-3-17(4-8-22)18-2-6-21(29-14-18)15-30-26(33)16-32-24-9-5-20(27)12-19(24)13-25(32)23-10-11-35-31-23/h2-14,28H,15-16H2,1H3,(H,30,33). The zero-order valence-electron chi connectivity index (χ0n) is 19.3. The monoisotopic (exact) mass is 519 g/mol. The summed E-state index contributed by atoms with van der Waals surface area (Å²) in [6, 6.07) is 19.0. The highest BCUT2D eigenvalue weighted by Gasteiger charge is 2.15. The minimum Gasteiger partial charge on any atom is -0.349 e. The molecule has 0 spiro atoms. The third kappa shape index (κ3) is 5.05. The van der Waals surface area contributed by atoms with Gasteiger partial charge in [-0.25, -0.2) is 13.4 Å². The van der Waals surface area contributed by atoms with Gasteiger partial charge in [-0.3, -0.25) is 9.78 Å². The predicted octanol–water partition coefficient (Wildman–Crippen LogP) is 5.32. The van der Waals surface area contributed by atoms with Crippen LogP contribution in [0.5, 0.6) is 0 Å². The highest BCUT2D eigenvalue weighted by molar-refractivity contribution is 7.91. The molecule has 36 heavy (non-hydrogen) atoms. The molecule has 0 aliphatic rings. The van der Waals surface area contributed by atoms with Crippen LogP contribution in [0, 0.1) is 10.6 Å². The van der Waals surface area contributed by atoms with Crippen molar-refractivity contribution in [1.29, 1.82) is 4.78 Å². The van der Waals surface area contributed by atoms with Crippen LogP contribution in [0.1, 0.15) is 5.69 Å². The first-order chi connectivity index (χ1) is 17.3. The molecule has 0 aliphatic carbocycles. The molecule has 1 amide bonds. The molecule has 0 saturated carbocycles. The van der Waals surface area contributed by atoms with Gasteiger partial charge < -0.3 is 9.88 Å². The molecule has 5 rings (SSSR count). The minimum absolute atomic E-state index is 0.0586. The van der Waals surface area contributed by atoms with E-state index in [4.69, 9.17) is 4.78 Å². The summed E-state index contributed by atoms with van der Waals surface area (Å²) in [5.74, 6) is -0.533. The fourth-order valence-electron chi connectivity index (χ4n) is 3.96. The molecule has 0 saturated heterocycles. The van der Waals surface area contributed by atoms with Crippen molar-refractivity contribution in [3.63, 3.8) is 0 Å². The molecule has 5 aromatic rings. The van der Waals surface area contributed by atoms with E-state index >= 15 is 0 Å². The molecule has 0 aliphatic heterocycles. The van der Waals surface area contributed by atoms with E-state index in [1.807, 2.05) is 46.3 Å². The van der Waals surface area contributed by atoms with Crippen molar-refractivity contribution < 1.29 is 13.4 Å². The van der Waals surface area contributed by atoms with Crippen LogP contribution in [0.3, 0.4) is 0 Å². The lowest BCUT2D eigenvalue weighted by Crippen LogP contribution is -2.27. The summed E-state index contributed by atoms with van der Waals surface area (Å²) in [6.07, 6.45) is 3.11. The van der Waals surface area contributed by atoms with E-state index in [2.05, 4.69) is 14.7 Å². The van der Waals surface area contributed by atoms with Crippen molar-refractivity contribution in [2.45, 2.75) is 18.0 Å². The molecular weight excluding hydrogens is 497 g/mol. The number of benzene rings is 2. The number of nitrogens with zero attached hydrogens (tertiary/aromatic N) is 3. The number of aromatic nitrogens is 3. The van der Waals surface area contributed by atoms with Crippen LogP contribution in [0.2, 0.25) is 0 Å². The number of hydrogen-bond donors (Lipinski definition) is 2. The largest absolute Gasteiger partial charge is 0.349 e. The Morgan fingerprint density at radius 2 is 1.86 bits per heavy atom. The average Bonchev–Trinajstić information content (AvgIpc) is 3.51. The molecule has 0 radical (unpaired) electrons. The molecule has 10 heteroatoms. The zero-order chi connectivity index (χ0) is 25.3. The van der Waals surface area contributed by atoms with Gasteiger partial charge in [-0.15, -0.1) is 0 Å². The van der Waals surface area contributed by atoms with Crippen LogP contribution in [0.25, 0.3) is 33.4 Å². The van der Waals surface area contributed by atoms with Gasteiger partial charge in [0.25, 0.3) is 0 Å². The minimum atomic E-state index is -2.75. The molecule has 1 atom stereocenters. The van der Waals surface area contributed by atoms with Crippen LogP contribution in [-0.4, -0.2) is 30.3 Å². The topological polar surface area (TPSA) is 101 Å². The second-order valence-corrected chi connectivity index (χ2v) is 11.2. The number of halogens is 1. The maximum atomic E-state index is 13.8. The number of rotatable bonds is 7. The molecule has 3 aromatic heterocycles. The van der Waals surface area contributed by atoms with Crippen LogP contribution in [-0.2, 0) is 27.6 Å². The molecule has 2 aromatic carbocycles. The van der Waals surface area contributed by atoms with Gasteiger partial charge >= 0.3 is 0 Å². The summed E-state index contributed by atoms with van der Waals surface area (Å²) in [6.45, 7) is 0.317. The summed E-state index contributed by atoms with van der Waals surface area (Å²) in [4.78, 5) is 17.8. The average molecular weight is 520 g/mol. The van der Waals surface area contributed by atoms with Gasteiger partial charge in [0.2, 0.25) is 5.91 Å². The maximum absolute atomic E-state index is 13.8. The number of carbonyl (C=O) groups excluding carboxylic acids is 1. The van der Waals surface area contributed by atoms with Gasteiger partial charge in [0, 0.05) is 39.2 Å². The van der Waals surface area contributed by atoms with Gasteiger partial charge in [-0.2, -0.15) is 4.37 Å². The van der Waals surface area contributed by atoms with E-state index in [1.54, 1.807) is 24.4 Å². The Kier molecular flexibility index (Phi) is 6.38. The van der Waals surface area contributed by atoms with Gasteiger partial charge in [0.15, 0.2) is 0 Å². The first-order valence-corrected chi connectivity index (χ1v) is 13.8. The lowest BCUT2D eigenvalue weighted by molar-refractivity contribution is -0.121. The highest BCUT2D eigenvalue weighted by atomic mass is 32.2. The number of hydrogen-bond acceptors (Lipinski definition) is 6. The highest BCUT2D eigenvalue weighted by Crippen LogP contribution is 2.28. The fraction of sp³-hybridized carbons (Fsp3) is 0.115. The molecule has 3 heterocycles. The third-order valence-electron chi connectivity index (χ3n) is 5.79. The SMILES string of the molecule is CS(=N)(=O)c1ccc(-c2ccc(CNC(=O)Cn3c(-c4ccsn4)cc4cc(F)ccc43)nc2)cc1. The number of pyridine rings is 1. The Balaban J connectivity index is 1.28. The zero-order valence-corrected chi connectivity index (χ0v) is 20.9. The molecule has 0 bridgehead atoms. The van der Waals surface area contributed by atoms with Crippen LogP contribution in [0.4, 0.5) is 4.39 Å². The summed E-state index contributed by atoms with van der Waals surface area (Å²) in [5.41, 5.74) is 4.72. The van der Waals surface area contributed by atoms with E-state index < -0.39 is 9.73 Å². The van der Waals surface area contributed by atoms with Gasteiger partial charge in [-0.05, 0) is 65.6 Å². The Bertz CT molecular complexity index is 1640. The van der Waals surface area contributed by atoms with E-state index in [1.165, 1.54) is 29.9 Å². The van der Waals surface area contributed by atoms with Crippen molar-refractivity contribution >= 4 is 38.1 Å². The second kappa shape index (κ2) is 9.63. The molecular formula is C26H22FN5O2S2. The van der Waals surface area contributed by atoms with Crippen LogP contribution < -0.4 is 5.32 Å². The van der Waals surface area contributed by atoms with E-state index in [0.29, 0.717) is 16.0 Å². The molecule has 7 nitrogen and oxygen atoms in total. The Labute approximate surface area is 211 Å². The van der Waals surface area contributed by atoms with Gasteiger partial charge in [0.1, 0.15) is 18.1 Å². The quantitative estimate of drug-likeness (QED) is 0.304. The molecule has 1 unspecified atom stereocenters.